The molecule has 0 aromatic rings. The van der Waals surface area contributed by atoms with Gasteiger partial charge in [-0.2, -0.15) is 13.2 Å². The summed E-state index contributed by atoms with van der Waals surface area (Å²) in [5.74, 6) is -2.37. The van der Waals surface area contributed by atoms with Crippen molar-refractivity contribution in [3.63, 3.8) is 0 Å². The highest BCUT2D eigenvalue weighted by atomic mass is 19.4. The van der Waals surface area contributed by atoms with E-state index >= 15 is 0 Å². The molecular formula is C12H14F3NO3. The Kier molecular flexibility index (Phi) is 3.32. The van der Waals surface area contributed by atoms with Gasteiger partial charge >= 0.3 is 12.1 Å². The van der Waals surface area contributed by atoms with Gasteiger partial charge in [-0.3, -0.25) is 9.59 Å². The van der Waals surface area contributed by atoms with Crippen LogP contribution in [0.5, 0.6) is 0 Å². The molecule has 0 atom stereocenters. The molecule has 0 heterocycles. The molecule has 0 aliphatic heterocycles. The molecule has 2 rings (SSSR count). The number of hydrogen-bond donors (Lipinski definition) is 1. The molecule has 1 spiro atoms. The summed E-state index contributed by atoms with van der Waals surface area (Å²) in [4.78, 5) is 22.4. The first kappa shape index (κ1) is 13.9. The summed E-state index contributed by atoms with van der Waals surface area (Å²) in [5, 5.41) is 2.58. The van der Waals surface area contributed by atoms with Crippen LogP contribution in [-0.2, 0) is 14.3 Å². The van der Waals surface area contributed by atoms with Crippen molar-refractivity contribution in [1.82, 2.24) is 5.32 Å². The number of halogens is 3. The lowest BCUT2D eigenvalue weighted by Gasteiger charge is -2.51. The van der Waals surface area contributed by atoms with Crippen LogP contribution in [0.1, 0.15) is 25.7 Å². The smallest absolute Gasteiger partial charge is 0.454 e. The fourth-order valence-corrected chi connectivity index (χ4v) is 2.68. The first-order valence-electron chi connectivity index (χ1n) is 5.96. The van der Waals surface area contributed by atoms with Crippen LogP contribution in [0.15, 0.2) is 11.3 Å². The average molecular weight is 277 g/mol. The number of carbonyl (C=O) groups excluding carboxylic acids is 2. The average Bonchev–Trinajstić information content (AvgIpc) is 2.23. The van der Waals surface area contributed by atoms with Crippen LogP contribution < -0.4 is 5.32 Å². The number of hydrogen-bond acceptors (Lipinski definition) is 4. The second kappa shape index (κ2) is 4.54. The molecule has 2 aliphatic carbocycles. The third kappa shape index (κ3) is 2.33. The molecule has 1 saturated carbocycles. The Morgan fingerprint density at radius 2 is 2.00 bits per heavy atom. The number of carbonyl (C=O) groups is 2. The molecule has 7 heteroatoms. The van der Waals surface area contributed by atoms with Gasteiger partial charge in [0.15, 0.2) is 0 Å². The van der Waals surface area contributed by atoms with Gasteiger partial charge in [-0.1, -0.05) is 6.42 Å². The van der Waals surface area contributed by atoms with Gasteiger partial charge in [-0.25, -0.2) is 0 Å². The fourth-order valence-electron chi connectivity index (χ4n) is 2.68. The van der Waals surface area contributed by atoms with Crippen molar-refractivity contribution < 1.29 is 27.5 Å². The third-order valence-corrected chi connectivity index (χ3v) is 3.82. The minimum absolute atomic E-state index is 0.185. The Morgan fingerprint density at radius 3 is 2.42 bits per heavy atom. The Balaban J connectivity index is 2.16. The first-order chi connectivity index (χ1) is 8.80. The van der Waals surface area contributed by atoms with Gasteiger partial charge in [0.25, 0.3) is 5.78 Å². The molecule has 2 aliphatic rings. The van der Waals surface area contributed by atoms with Gasteiger partial charge in [0.05, 0.1) is 7.11 Å². The lowest BCUT2D eigenvalue weighted by atomic mass is 9.53. The minimum atomic E-state index is -4.86. The molecule has 4 nitrogen and oxygen atoms in total. The predicted molar refractivity (Wildman–Crippen MR) is 59.0 cm³/mol. The number of esters is 1. The zero-order valence-electron chi connectivity index (χ0n) is 10.4. The summed E-state index contributed by atoms with van der Waals surface area (Å²) in [6.45, 7) is -0.226. The van der Waals surface area contributed by atoms with Crippen LogP contribution in [0.25, 0.3) is 0 Å². The van der Waals surface area contributed by atoms with Crippen molar-refractivity contribution in [2.75, 3.05) is 13.7 Å². The minimum Gasteiger partial charge on any atom is -0.468 e. The Bertz CT molecular complexity index is 450. The Labute approximate surface area is 108 Å². The van der Waals surface area contributed by atoms with Crippen molar-refractivity contribution >= 4 is 11.8 Å². The number of ketones is 1. The van der Waals surface area contributed by atoms with E-state index in [-0.39, 0.29) is 17.8 Å². The van der Waals surface area contributed by atoms with Gasteiger partial charge in [-0.05, 0) is 19.3 Å². The molecule has 19 heavy (non-hydrogen) atoms. The monoisotopic (exact) mass is 277 g/mol. The van der Waals surface area contributed by atoms with Gasteiger partial charge in [0, 0.05) is 16.7 Å². The molecule has 0 aromatic carbocycles. The molecule has 0 unspecified atom stereocenters. The number of Topliss-reactive ketones (excluding diaryl/α,β-unsaturated/α-hetero) is 1. The van der Waals surface area contributed by atoms with Crippen LogP contribution in [0.3, 0.4) is 0 Å². The fraction of sp³-hybridized carbons (Fsp3) is 0.667. The van der Waals surface area contributed by atoms with Crippen molar-refractivity contribution in [2.45, 2.75) is 31.9 Å². The molecular weight excluding hydrogens is 263 g/mol. The lowest BCUT2D eigenvalue weighted by Crippen LogP contribution is -2.50. The van der Waals surface area contributed by atoms with Crippen LogP contribution in [-0.4, -0.2) is 31.6 Å². The maximum absolute atomic E-state index is 12.6. The molecule has 1 N–H and O–H groups in total. The number of methoxy groups -OCH3 is 1. The van der Waals surface area contributed by atoms with E-state index in [2.05, 4.69) is 10.1 Å². The Morgan fingerprint density at radius 1 is 1.37 bits per heavy atom. The predicted octanol–water partition coefficient (Wildman–Crippen LogP) is 1.71. The topological polar surface area (TPSA) is 55.4 Å². The molecule has 0 bridgehead atoms. The zero-order chi connectivity index (χ0) is 14.3. The largest absolute Gasteiger partial charge is 0.468 e. The summed E-state index contributed by atoms with van der Waals surface area (Å²) in [6.07, 6.45) is -2.42. The number of ether oxygens (including phenoxy) is 1. The standard InChI is InChI=1S/C12H14F3NO3/c1-19-8(17)6-16-7-5-11(3-2-4-11)9(7)10(18)12(13,14)15/h16H,2-6H2,1H3. The normalized spacial score (nSPS) is 20.6. The van der Waals surface area contributed by atoms with Gasteiger partial charge in [0.1, 0.15) is 6.54 Å². The van der Waals surface area contributed by atoms with Gasteiger partial charge in [0.2, 0.25) is 0 Å². The van der Waals surface area contributed by atoms with E-state index in [4.69, 9.17) is 0 Å². The summed E-state index contributed by atoms with van der Waals surface area (Å²) in [7, 11) is 1.19. The highest BCUT2D eigenvalue weighted by molar-refractivity contribution is 6.03. The van der Waals surface area contributed by atoms with Crippen molar-refractivity contribution in [3.05, 3.63) is 11.3 Å². The van der Waals surface area contributed by atoms with Crippen molar-refractivity contribution in [2.24, 2.45) is 5.41 Å². The highest BCUT2D eigenvalue weighted by Gasteiger charge is 2.57. The van der Waals surface area contributed by atoms with Crippen LogP contribution >= 0.6 is 0 Å². The number of nitrogens with one attached hydrogen (secondary N) is 1. The van der Waals surface area contributed by atoms with Crippen molar-refractivity contribution in [3.8, 4) is 0 Å². The highest BCUT2D eigenvalue weighted by Crippen LogP contribution is 2.59. The Hall–Kier alpha value is -1.53. The van der Waals surface area contributed by atoms with Crippen LogP contribution in [0.2, 0.25) is 0 Å². The third-order valence-electron chi connectivity index (χ3n) is 3.82. The van der Waals surface area contributed by atoms with Crippen LogP contribution in [0.4, 0.5) is 13.2 Å². The van der Waals surface area contributed by atoms with E-state index in [9.17, 15) is 22.8 Å². The SMILES string of the molecule is COC(=O)CNC1=C(C(=O)C(F)(F)F)C2(CCC2)C1. The second-order valence-electron chi connectivity index (χ2n) is 4.92. The maximum Gasteiger partial charge on any atom is 0.454 e. The summed E-state index contributed by atoms with van der Waals surface area (Å²) in [5.41, 5.74) is -0.562. The number of rotatable bonds is 4. The second-order valence-corrected chi connectivity index (χ2v) is 4.92. The molecule has 0 saturated heterocycles. The molecule has 106 valence electrons. The summed E-state index contributed by atoms with van der Waals surface area (Å²) < 4.78 is 42.1. The van der Waals surface area contributed by atoms with E-state index in [1.807, 2.05) is 0 Å². The zero-order valence-corrected chi connectivity index (χ0v) is 10.4. The molecule has 1 fully saturated rings. The molecule has 0 aromatic heterocycles. The van der Waals surface area contributed by atoms with E-state index in [0.717, 1.165) is 6.42 Å². The van der Waals surface area contributed by atoms with E-state index in [1.54, 1.807) is 0 Å². The van der Waals surface area contributed by atoms with Gasteiger partial charge in [-0.15, -0.1) is 0 Å². The first-order valence-corrected chi connectivity index (χ1v) is 5.96. The summed E-state index contributed by atoms with van der Waals surface area (Å²) in [6, 6.07) is 0. The molecule has 0 amide bonds. The van der Waals surface area contributed by atoms with Crippen LogP contribution in [0, 0.1) is 5.41 Å². The number of allylic oxidation sites excluding steroid dienone is 2. The van der Waals surface area contributed by atoms with Crippen molar-refractivity contribution in [1.29, 1.82) is 0 Å². The quantitative estimate of drug-likeness (QED) is 0.795. The summed E-state index contributed by atoms with van der Waals surface area (Å²) >= 11 is 0. The molecule has 0 radical (unpaired) electrons. The lowest BCUT2D eigenvalue weighted by molar-refractivity contribution is -0.169. The maximum atomic E-state index is 12.6. The van der Waals surface area contributed by atoms with E-state index < -0.39 is 23.3 Å². The van der Waals surface area contributed by atoms with E-state index in [1.165, 1.54) is 7.11 Å². The van der Waals surface area contributed by atoms with Gasteiger partial charge < -0.3 is 10.1 Å². The van der Waals surface area contributed by atoms with E-state index in [0.29, 0.717) is 19.3 Å². The number of alkyl halides is 3.